The molecule has 1 unspecified atom stereocenters. The van der Waals surface area contributed by atoms with Gasteiger partial charge in [0.1, 0.15) is 0 Å². The van der Waals surface area contributed by atoms with E-state index >= 15 is 0 Å². The molecule has 1 N–H and O–H groups in total. The van der Waals surface area contributed by atoms with Crippen molar-refractivity contribution in [2.24, 2.45) is 5.92 Å². The van der Waals surface area contributed by atoms with Crippen LogP contribution in [0.3, 0.4) is 0 Å². The number of aromatic nitrogens is 2. The fourth-order valence-corrected chi connectivity index (χ4v) is 3.98. The minimum Gasteiger partial charge on any atom is -0.344 e. The van der Waals surface area contributed by atoms with E-state index in [0.29, 0.717) is 11.4 Å². The number of sulfone groups is 1. The van der Waals surface area contributed by atoms with Gasteiger partial charge < -0.3 is 5.32 Å². The second-order valence-corrected chi connectivity index (χ2v) is 8.58. The van der Waals surface area contributed by atoms with Crippen molar-refractivity contribution in [3.63, 3.8) is 0 Å². The summed E-state index contributed by atoms with van der Waals surface area (Å²) in [4.78, 5) is 17.1. The van der Waals surface area contributed by atoms with Crippen molar-refractivity contribution in [1.29, 1.82) is 0 Å². The van der Waals surface area contributed by atoms with Crippen LogP contribution in [-0.4, -0.2) is 30.0 Å². The average Bonchev–Trinajstić information content (AvgIpc) is 3.38. The maximum Gasteiger partial charge on any atom is 0.272 e. The molecule has 1 aliphatic carbocycles. The van der Waals surface area contributed by atoms with Crippen molar-refractivity contribution in [3.05, 3.63) is 66.0 Å². The normalized spacial score (nSPS) is 15.7. The molecule has 1 saturated carbocycles. The molecule has 0 saturated heterocycles. The number of hydrogen-bond donors (Lipinski definition) is 1. The van der Waals surface area contributed by atoms with Gasteiger partial charge in [0, 0.05) is 12.5 Å². The fourth-order valence-electron chi connectivity index (χ4n) is 3.21. The molecule has 2 heterocycles. The zero-order chi connectivity index (χ0) is 18.3. The van der Waals surface area contributed by atoms with Gasteiger partial charge in [0.2, 0.25) is 15.0 Å². The number of pyridine rings is 1. The molecule has 1 aliphatic rings. The summed E-state index contributed by atoms with van der Waals surface area (Å²) in [5.41, 5.74) is 1.66. The zero-order valence-corrected chi connectivity index (χ0v) is 15.1. The van der Waals surface area contributed by atoms with Gasteiger partial charge in [0.25, 0.3) is 5.91 Å². The Balaban J connectivity index is 1.72. The lowest BCUT2D eigenvalue weighted by molar-refractivity contribution is 0.0928. The number of carbonyl (C=O) groups is 1. The quantitative estimate of drug-likeness (QED) is 0.750. The Labute approximate surface area is 151 Å². The minimum absolute atomic E-state index is 0.0918. The number of nitrogens with one attached hydrogen (secondary N) is 1. The summed E-state index contributed by atoms with van der Waals surface area (Å²) in [6.45, 7) is 0. The molecule has 1 atom stereocenters. The predicted molar refractivity (Wildman–Crippen MR) is 97.7 cm³/mol. The summed E-state index contributed by atoms with van der Waals surface area (Å²) in [5.74, 6) is 0.0500. The third kappa shape index (κ3) is 3.10. The van der Waals surface area contributed by atoms with E-state index in [0.717, 1.165) is 24.7 Å². The van der Waals surface area contributed by atoms with E-state index in [1.165, 1.54) is 4.40 Å². The predicted octanol–water partition coefficient (Wildman–Crippen LogP) is 2.62. The standard InChI is InChI=1S/C19H19N3O3S/c1-26(24,25)19-21-17(15-9-5-6-12-22(15)19)18(23)20-16(14-10-11-14)13-7-3-2-4-8-13/h2-9,12,14,16H,10-11H2,1H3,(H,20,23). The summed E-state index contributed by atoms with van der Waals surface area (Å²) < 4.78 is 25.5. The highest BCUT2D eigenvalue weighted by atomic mass is 32.2. The van der Waals surface area contributed by atoms with Gasteiger partial charge in [0.05, 0.1) is 11.6 Å². The second-order valence-electron chi connectivity index (χ2n) is 6.67. The van der Waals surface area contributed by atoms with Crippen LogP contribution in [0.2, 0.25) is 0 Å². The van der Waals surface area contributed by atoms with Crippen molar-refractivity contribution in [2.75, 3.05) is 6.26 Å². The van der Waals surface area contributed by atoms with Crippen LogP contribution in [-0.2, 0) is 9.84 Å². The fraction of sp³-hybridized carbons (Fsp3) is 0.263. The van der Waals surface area contributed by atoms with E-state index in [1.807, 2.05) is 30.3 Å². The molecule has 0 aliphatic heterocycles. The number of amides is 1. The van der Waals surface area contributed by atoms with Gasteiger partial charge in [-0.3, -0.25) is 9.20 Å². The number of benzene rings is 1. The van der Waals surface area contributed by atoms with Crippen molar-refractivity contribution < 1.29 is 13.2 Å². The summed E-state index contributed by atoms with van der Waals surface area (Å²) in [7, 11) is -3.55. The van der Waals surface area contributed by atoms with Gasteiger partial charge in [0.15, 0.2) is 5.69 Å². The third-order valence-electron chi connectivity index (χ3n) is 4.60. The van der Waals surface area contributed by atoms with Crippen molar-refractivity contribution >= 4 is 21.3 Å². The monoisotopic (exact) mass is 369 g/mol. The van der Waals surface area contributed by atoms with Crippen LogP contribution in [0.5, 0.6) is 0 Å². The van der Waals surface area contributed by atoms with Gasteiger partial charge >= 0.3 is 0 Å². The van der Waals surface area contributed by atoms with Gasteiger partial charge in [-0.1, -0.05) is 36.4 Å². The van der Waals surface area contributed by atoms with Crippen LogP contribution in [0.1, 0.15) is 34.9 Å². The molecule has 6 nitrogen and oxygen atoms in total. The number of fused-ring (bicyclic) bond motifs is 1. The average molecular weight is 369 g/mol. The Bertz CT molecular complexity index is 1070. The Morgan fingerprint density at radius 3 is 2.50 bits per heavy atom. The lowest BCUT2D eigenvalue weighted by Gasteiger charge is -2.18. The molecule has 26 heavy (non-hydrogen) atoms. The van der Waals surface area contributed by atoms with Gasteiger partial charge in [-0.25, -0.2) is 13.4 Å². The van der Waals surface area contributed by atoms with E-state index in [4.69, 9.17) is 0 Å². The smallest absolute Gasteiger partial charge is 0.272 e. The lowest BCUT2D eigenvalue weighted by Crippen LogP contribution is -2.30. The number of hydrogen-bond acceptors (Lipinski definition) is 4. The molecule has 1 amide bonds. The van der Waals surface area contributed by atoms with Gasteiger partial charge in [-0.05, 0) is 36.5 Å². The highest BCUT2D eigenvalue weighted by Crippen LogP contribution is 2.41. The topological polar surface area (TPSA) is 80.5 Å². The van der Waals surface area contributed by atoms with E-state index in [1.54, 1.807) is 24.4 Å². The summed E-state index contributed by atoms with van der Waals surface area (Å²) in [5, 5.41) is 2.93. The number of rotatable bonds is 5. The van der Waals surface area contributed by atoms with Gasteiger partial charge in [-0.2, -0.15) is 0 Å². The maximum atomic E-state index is 12.9. The molecule has 0 spiro atoms. The Hall–Kier alpha value is -2.67. The highest BCUT2D eigenvalue weighted by Gasteiger charge is 2.34. The molecule has 7 heteroatoms. The van der Waals surface area contributed by atoms with Gasteiger partial charge in [-0.15, -0.1) is 0 Å². The molecule has 0 bridgehead atoms. The maximum absolute atomic E-state index is 12.9. The molecular weight excluding hydrogens is 350 g/mol. The van der Waals surface area contributed by atoms with Crippen LogP contribution < -0.4 is 5.32 Å². The molecule has 0 radical (unpaired) electrons. The molecular formula is C19H19N3O3S. The van der Waals surface area contributed by atoms with Crippen LogP contribution in [0, 0.1) is 5.92 Å². The molecule has 1 aromatic carbocycles. The Morgan fingerprint density at radius 1 is 1.15 bits per heavy atom. The van der Waals surface area contributed by atoms with E-state index in [2.05, 4.69) is 10.3 Å². The second kappa shape index (κ2) is 6.25. The van der Waals surface area contributed by atoms with E-state index in [9.17, 15) is 13.2 Å². The molecule has 2 aromatic heterocycles. The first-order chi connectivity index (χ1) is 12.4. The molecule has 3 aromatic rings. The summed E-state index contributed by atoms with van der Waals surface area (Å²) >= 11 is 0. The molecule has 134 valence electrons. The van der Waals surface area contributed by atoms with E-state index < -0.39 is 9.84 Å². The van der Waals surface area contributed by atoms with Crippen LogP contribution in [0.4, 0.5) is 0 Å². The summed E-state index contributed by atoms with van der Waals surface area (Å²) in [6.07, 6.45) is 4.83. The number of imidazole rings is 1. The highest BCUT2D eigenvalue weighted by molar-refractivity contribution is 7.90. The number of nitrogens with zero attached hydrogens (tertiary/aromatic N) is 2. The first-order valence-electron chi connectivity index (χ1n) is 8.48. The van der Waals surface area contributed by atoms with Crippen molar-refractivity contribution in [2.45, 2.75) is 24.0 Å². The lowest BCUT2D eigenvalue weighted by atomic mass is 10.0. The third-order valence-corrected chi connectivity index (χ3v) is 5.55. The number of carbonyl (C=O) groups excluding carboxylic acids is 1. The molecule has 4 rings (SSSR count). The first kappa shape index (κ1) is 16.8. The van der Waals surface area contributed by atoms with E-state index in [-0.39, 0.29) is 22.8 Å². The Morgan fingerprint density at radius 2 is 1.85 bits per heavy atom. The molecule has 1 fully saturated rings. The van der Waals surface area contributed by atoms with Crippen molar-refractivity contribution in [1.82, 2.24) is 14.7 Å². The zero-order valence-electron chi connectivity index (χ0n) is 14.3. The van der Waals surface area contributed by atoms with Crippen LogP contribution in [0.15, 0.2) is 59.9 Å². The Kier molecular flexibility index (Phi) is 4.03. The van der Waals surface area contributed by atoms with Crippen LogP contribution >= 0.6 is 0 Å². The summed E-state index contributed by atoms with van der Waals surface area (Å²) in [6, 6.07) is 14.9. The SMILES string of the molecule is CS(=O)(=O)c1nc(C(=O)NC(c2ccccc2)C2CC2)c2ccccn12. The minimum atomic E-state index is -3.55. The largest absolute Gasteiger partial charge is 0.344 e. The van der Waals surface area contributed by atoms with Crippen LogP contribution in [0.25, 0.3) is 5.52 Å². The van der Waals surface area contributed by atoms with Crippen molar-refractivity contribution in [3.8, 4) is 0 Å². The first-order valence-corrected chi connectivity index (χ1v) is 10.4.